The monoisotopic (exact) mass is 534 g/mol. The summed E-state index contributed by atoms with van der Waals surface area (Å²) in [7, 11) is 0. The van der Waals surface area contributed by atoms with Crippen LogP contribution in [0, 0.1) is 11.3 Å². The summed E-state index contributed by atoms with van der Waals surface area (Å²) in [6.45, 7) is 15.6. The number of rotatable bonds is 5. The zero-order valence-corrected chi connectivity index (χ0v) is 23.9. The Hall–Kier alpha value is -3.02. The minimum Gasteiger partial charge on any atom is -0.344 e. The lowest BCUT2D eigenvalue weighted by molar-refractivity contribution is -0.135. The number of carbonyl (C=O) groups is 3. The minimum absolute atomic E-state index is 0.207. The Labute approximate surface area is 226 Å². The second-order valence-electron chi connectivity index (χ2n) is 9.92. The molecule has 2 fully saturated rings. The number of carbonyl (C=O) groups excluding carboxylic acids is 3. The number of nitrogens with zero attached hydrogens (tertiary/aromatic N) is 3. The predicted molar refractivity (Wildman–Crippen MR) is 144 cm³/mol. The lowest BCUT2D eigenvalue weighted by Crippen LogP contribution is -2.46. The molecule has 9 heteroatoms. The first-order chi connectivity index (χ1) is 18.0. The highest BCUT2D eigenvalue weighted by atomic mass is 19.3. The lowest BCUT2D eigenvalue weighted by atomic mass is 9.78. The van der Waals surface area contributed by atoms with Crippen molar-refractivity contribution in [2.24, 2.45) is 0 Å². The van der Waals surface area contributed by atoms with Crippen LogP contribution in [0.25, 0.3) is 0 Å². The van der Waals surface area contributed by atoms with Gasteiger partial charge in [0.2, 0.25) is 18.2 Å². The first kappa shape index (κ1) is 33.0. The molecule has 3 aliphatic rings. The van der Waals surface area contributed by atoms with Gasteiger partial charge in [-0.3, -0.25) is 14.4 Å². The number of fused-ring (bicyclic) bond motifs is 1. The third-order valence-corrected chi connectivity index (χ3v) is 6.76. The molecule has 38 heavy (non-hydrogen) atoms. The van der Waals surface area contributed by atoms with Crippen molar-refractivity contribution in [3.05, 3.63) is 34.9 Å². The molecule has 2 atom stereocenters. The number of likely N-dealkylation sites (tertiary alicyclic amines) is 1. The van der Waals surface area contributed by atoms with Crippen LogP contribution in [0.2, 0.25) is 0 Å². The van der Waals surface area contributed by atoms with E-state index in [9.17, 15) is 23.2 Å². The molecule has 1 aromatic rings. The van der Waals surface area contributed by atoms with Gasteiger partial charge < -0.3 is 15.1 Å². The summed E-state index contributed by atoms with van der Waals surface area (Å²) >= 11 is 0. The van der Waals surface area contributed by atoms with E-state index in [2.05, 4.69) is 44.3 Å². The molecule has 0 spiro atoms. The zero-order chi connectivity index (χ0) is 29.1. The van der Waals surface area contributed by atoms with Gasteiger partial charge in [0.15, 0.2) is 0 Å². The fraction of sp³-hybridized carbons (Fsp3) is 0.655. The number of nitriles is 1. The summed E-state index contributed by atoms with van der Waals surface area (Å²) < 4.78 is 26.2. The quantitative estimate of drug-likeness (QED) is 0.518. The molecule has 7 nitrogen and oxygen atoms in total. The van der Waals surface area contributed by atoms with Gasteiger partial charge in [-0.25, -0.2) is 8.78 Å². The fourth-order valence-electron chi connectivity index (χ4n) is 5.08. The molecule has 0 aliphatic carbocycles. The van der Waals surface area contributed by atoms with Crippen molar-refractivity contribution in [2.75, 3.05) is 6.54 Å². The highest BCUT2D eigenvalue weighted by Crippen LogP contribution is 2.36. The maximum atomic E-state index is 13.1. The Morgan fingerprint density at radius 2 is 1.89 bits per heavy atom. The molecule has 1 N–H and O–H groups in total. The molecule has 4 rings (SSSR count). The zero-order valence-electron chi connectivity index (χ0n) is 23.9. The van der Waals surface area contributed by atoms with Gasteiger partial charge in [-0.2, -0.15) is 5.26 Å². The number of hydrogen-bond acceptors (Lipinski definition) is 4. The largest absolute Gasteiger partial charge is 0.344 e. The normalized spacial score (nSPS) is 20.9. The Bertz CT molecular complexity index is 991. The van der Waals surface area contributed by atoms with E-state index >= 15 is 0 Å². The molecule has 0 saturated carbocycles. The van der Waals surface area contributed by atoms with Crippen LogP contribution < -0.4 is 5.32 Å². The number of benzene rings is 1. The smallest absolute Gasteiger partial charge is 0.268 e. The summed E-state index contributed by atoms with van der Waals surface area (Å²) in [5.74, 6) is -3.86. The summed E-state index contributed by atoms with van der Waals surface area (Å²) in [5, 5.41) is 11.2. The fourth-order valence-corrected chi connectivity index (χ4v) is 5.08. The number of alkyl halides is 2. The van der Waals surface area contributed by atoms with Crippen LogP contribution in [0.4, 0.5) is 8.78 Å². The van der Waals surface area contributed by atoms with Crippen LogP contribution in [0.5, 0.6) is 0 Å². The Balaban J connectivity index is 0.000000336. The van der Waals surface area contributed by atoms with Gasteiger partial charge in [-0.05, 0) is 34.9 Å². The average molecular weight is 535 g/mol. The van der Waals surface area contributed by atoms with E-state index in [4.69, 9.17) is 5.26 Å². The van der Waals surface area contributed by atoms with Gasteiger partial charge in [0.05, 0.1) is 12.6 Å². The van der Waals surface area contributed by atoms with Gasteiger partial charge in [0.25, 0.3) is 5.92 Å². The van der Waals surface area contributed by atoms with Gasteiger partial charge >= 0.3 is 0 Å². The molecule has 212 valence electrons. The second-order valence-corrected chi connectivity index (χ2v) is 9.92. The molecule has 2 saturated heterocycles. The Morgan fingerprint density at radius 1 is 1.24 bits per heavy atom. The first-order valence-corrected chi connectivity index (χ1v) is 13.7. The first-order valence-electron chi connectivity index (χ1n) is 13.7. The lowest BCUT2D eigenvalue weighted by Gasteiger charge is -2.27. The van der Waals surface area contributed by atoms with E-state index < -0.39 is 36.9 Å². The SMILES string of the molecule is CC.CC.CCCC(C)(C)c1cccc2c1CN(C=O)C2.N#CC1CC(F)(F)CN1C(=O)C1CCC(=O)N1. The van der Waals surface area contributed by atoms with E-state index in [1.54, 1.807) is 6.07 Å². The molecule has 0 radical (unpaired) electrons. The van der Waals surface area contributed by atoms with Crippen LogP contribution in [-0.2, 0) is 32.9 Å². The molecule has 3 aliphatic heterocycles. The van der Waals surface area contributed by atoms with Crippen LogP contribution in [0.15, 0.2) is 18.2 Å². The van der Waals surface area contributed by atoms with Crippen LogP contribution in [0.3, 0.4) is 0 Å². The number of amides is 3. The topological polar surface area (TPSA) is 93.5 Å². The van der Waals surface area contributed by atoms with Crippen molar-refractivity contribution < 1.29 is 23.2 Å². The van der Waals surface area contributed by atoms with Gasteiger partial charge in [0, 0.05) is 25.9 Å². The summed E-state index contributed by atoms with van der Waals surface area (Å²) in [4.78, 5) is 36.4. The maximum Gasteiger partial charge on any atom is 0.268 e. The van der Waals surface area contributed by atoms with Crippen LogP contribution >= 0.6 is 0 Å². The summed E-state index contributed by atoms with van der Waals surface area (Å²) in [6, 6.07) is 6.33. The molecule has 0 bridgehead atoms. The van der Waals surface area contributed by atoms with Gasteiger partial charge in [-0.15, -0.1) is 0 Å². The van der Waals surface area contributed by atoms with E-state index in [0.29, 0.717) is 6.42 Å². The molecule has 0 aromatic heterocycles. The van der Waals surface area contributed by atoms with E-state index in [1.165, 1.54) is 29.5 Å². The van der Waals surface area contributed by atoms with E-state index in [1.807, 2.05) is 32.6 Å². The molecular formula is C29H44F2N4O3. The Morgan fingerprint density at radius 3 is 2.42 bits per heavy atom. The number of nitrogens with one attached hydrogen (secondary N) is 1. The predicted octanol–water partition coefficient (Wildman–Crippen LogP) is 5.31. The molecule has 2 unspecified atom stereocenters. The van der Waals surface area contributed by atoms with Crippen molar-refractivity contribution in [1.29, 1.82) is 5.26 Å². The third-order valence-electron chi connectivity index (χ3n) is 6.76. The molecule has 3 heterocycles. The van der Waals surface area contributed by atoms with Gasteiger partial charge in [0.1, 0.15) is 12.1 Å². The van der Waals surface area contributed by atoms with Crippen molar-refractivity contribution in [1.82, 2.24) is 15.1 Å². The van der Waals surface area contributed by atoms with Crippen molar-refractivity contribution in [2.45, 2.75) is 117 Å². The van der Waals surface area contributed by atoms with Crippen LogP contribution in [0.1, 0.15) is 97.3 Å². The second kappa shape index (κ2) is 14.8. The van der Waals surface area contributed by atoms with Crippen molar-refractivity contribution in [3.8, 4) is 6.07 Å². The van der Waals surface area contributed by atoms with E-state index in [-0.39, 0.29) is 17.7 Å². The minimum atomic E-state index is -3.02. The van der Waals surface area contributed by atoms with E-state index in [0.717, 1.165) is 24.4 Å². The highest BCUT2D eigenvalue weighted by molar-refractivity contribution is 5.91. The maximum absolute atomic E-state index is 13.1. The van der Waals surface area contributed by atoms with Crippen molar-refractivity contribution in [3.63, 3.8) is 0 Å². The van der Waals surface area contributed by atoms with Gasteiger partial charge in [-0.1, -0.05) is 73.1 Å². The molecule has 3 amide bonds. The summed E-state index contributed by atoms with van der Waals surface area (Å²) in [6.07, 6.45) is 3.22. The number of halogens is 2. The number of hydrogen-bond donors (Lipinski definition) is 1. The van der Waals surface area contributed by atoms with Crippen LogP contribution in [-0.4, -0.2) is 52.6 Å². The van der Waals surface area contributed by atoms with Crippen molar-refractivity contribution >= 4 is 18.2 Å². The Kier molecular flexibility index (Phi) is 12.9. The molecular weight excluding hydrogens is 490 g/mol. The molecule has 1 aromatic carbocycles. The third kappa shape index (κ3) is 8.24. The standard InChI is InChI=1S/C15H21NO.C10H11F2N3O2.2C2H6/c1-4-8-15(2,3)14-7-5-6-12-9-16(11-17)10-13(12)14;11-10(12)3-6(4-13)15(5-10)9(17)7-1-2-8(16)14-7;2*1-2/h5-7,11H,4,8-10H2,1-3H3;6-7H,1-3,5H2,(H,14,16);2*1-2H3. The average Bonchev–Trinajstić information content (AvgIpc) is 3.61. The highest BCUT2D eigenvalue weighted by Gasteiger charge is 2.49. The summed E-state index contributed by atoms with van der Waals surface area (Å²) in [5.41, 5.74) is 4.32.